The first-order valence-corrected chi connectivity index (χ1v) is 11.8. The third kappa shape index (κ3) is 7.43. The number of nitriles is 1. The van der Waals surface area contributed by atoms with Crippen molar-refractivity contribution in [2.75, 3.05) is 55.6 Å². The fraction of sp³-hybridized carbons (Fsp3) is 0.536. The Kier molecular flexibility index (Phi) is 11.7. The molecule has 0 saturated carbocycles. The number of ether oxygens (including phenoxy) is 4. The summed E-state index contributed by atoms with van der Waals surface area (Å²) >= 11 is 0. The van der Waals surface area contributed by atoms with Gasteiger partial charge >= 0.3 is 0 Å². The lowest BCUT2D eigenvalue weighted by atomic mass is 9.69. The Morgan fingerprint density at radius 2 is 1.37 bits per heavy atom. The van der Waals surface area contributed by atoms with E-state index in [1.807, 2.05) is 24.3 Å². The molecule has 2 aromatic carbocycles. The Morgan fingerprint density at radius 1 is 0.829 bits per heavy atom. The van der Waals surface area contributed by atoms with Gasteiger partial charge in [0.15, 0.2) is 23.0 Å². The highest BCUT2D eigenvalue weighted by molar-refractivity contribution is 5.47. The predicted molar refractivity (Wildman–Crippen MR) is 136 cm³/mol. The second-order valence-electron chi connectivity index (χ2n) is 9.73. The summed E-state index contributed by atoms with van der Waals surface area (Å²) in [4.78, 5) is 0. The van der Waals surface area contributed by atoms with Crippen LogP contribution in [0, 0.1) is 17.2 Å². The van der Waals surface area contributed by atoms with E-state index in [2.05, 4.69) is 46.1 Å². The van der Waals surface area contributed by atoms with Crippen LogP contribution in [-0.2, 0) is 11.8 Å². The van der Waals surface area contributed by atoms with Crippen molar-refractivity contribution in [1.29, 1.82) is 5.26 Å². The fourth-order valence-electron chi connectivity index (χ4n) is 4.50. The molecule has 6 nitrogen and oxygen atoms in total. The third-order valence-corrected chi connectivity index (χ3v) is 6.87. The maximum absolute atomic E-state index is 10.3. The van der Waals surface area contributed by atoms with E-state index in [9.17, 15) is 5.26 Å². The summed E-state index contributed by atoms with van der Waals surface area (Å²) in [6.07, 6.45) is 2.67. The van der Waals surface area contributed by atoms with Gasteiger partial charge in [0, 0.05) is 6.42 Å². The molecule has 1 atom stereocenters. The highest BCUT2D eigenvalue weighted by Crippen LogP contribution is 2.40. The van der Waals surface area contributed by atoms with Crippen molar-refractivity contribution in [2.24, 2.45) is 5.92 Å². The molecule has 2 aromatic rings. The van der Waals surface area contributed by atoms with Crippen molar-refractivity contribution in [3.8, 4) is 29.1 Å². The summed E-state index contributed by atoms with van der Waals surface area (Å²) in [6, 6.07) is 14.6. The van der Waals surface area contributed by atoms with E-state index in [1.54, 1.807) is 28.4 Å². The molecule has 0 bridgehead atoms. The summed E-state index contributed by atoms with van der Waals surface area (Å²) in [5.41, 5.74) is 1.63. The lowest BCUT2D eigenvalue weighted by Gasteiger charge is -2.35. The molecule has 0 saturated heterocycles. The molecule has 0 amide bonds. The maximum atomic E-state index is 10.3. The van der Waals surface area contributed by atoms with Gasteiger partial charge in [-0.25, -0.2) is 0 Å². The van der Waals surface area contributed by atoms with Gasteiger partial charge < -0.3 is 35.8 Å². The minimum atomic E-state index is -0.580. The van der Waals surface area contributed by atoms with Gasteiger partial charge in [-0.2, -0.15) is 5.26 Å². The average Bonchev–Trinajstić information content (AvgIpc) is 2.84. The predicted octanol–water partition coefficient (Wildman–Crippen LogP) is 2.24. The zero-order valence-electron chi connectivity index (χ0n) is 22.5. The minimum absolute atomic E-state index is 0. The summed E-state index contributed by atoms with van der Waals surface area (Å²) in [6.45, 7) is 6.22. The van der Waals surface area contributed by atoms with Gasteiger partial charge in [-0.3, -0.25) is 0 Å². The molecule has 0 aliphatic carbocycles. The number of hydrogen-bond acceptors (Lipinski definition) is 5. The van der Waals surface area contributed by atoms with Gasteiger partial charge in [0.2, 0.25) is 0 Å². The molecule has 0 aromatic heterocycles. The van der Waals surface area contributed by atoms with Crippen LogP contribution in [0.3, 0.4) is 0 Å². The maximum Gasteiger partial charge on any atom is 0.161 e. The Bertz CT molecular complexity index is 987. The smallest absolute Gasteiger partial charge is 0.161 e. The second kappa shape index (κ2) is 13.5. The van der Waals surface area contributed by atoms with Crippen LogP contribution >= 0.6 is 0 Å². The van der Waals surface area contributed by atoms with Gasteiger partial charge in [0.25, 0.3) is 0 Å². The fourth-order valence-corrected chi connectivity index (χ4v) is 4.50. The first kappa shape index (κ1) is 30.4. The Labute approximate surface area is 217 Å². The molecule has 0 aliphatic rings. The lowest BCUT2D eigenvalue weighted by molar-refractivity contribution is -0.890. The summed E-state index contributed by atoms with van der Waals surface area (Å²) < 4.78 is 22.6. The molecule has 0 aliphatic heterocycles. The van der Waals surface area contributed by atoms with Crippen molar-refractivity contribution < 1.29 is 35.8 Å². The van der Waals surface area contributed by atoms with Crippen LogP contribution in [0.25, 0.3) is 0 Å². The second-order valence-corrected chi connectivity index (χ2v) is 9.73. The van der Waals surface area contributed by atoms with E-state index in [-0.39, 0.29) is 18.3 Å². The number of rotatable bonds is 13. The topological polar surface area (TPSA) is 60.7 Å². The average molecular weight is 505 g/mol. The summed E-state index contributed by atoms with van der Waals surface area (Å²) in [5.74, 6) is 3.01. The van der Waals surface area contributed by atoms with Gasteiger partial charge in [-0.15, -0.1) is 0 Å². The van der Waals surface area contributed by atoms with E-state index in [0.717, 1.165) is 53.9 Å². The molecule has 0 spiro atoms. The molecule has 2 rings (SSSR count). The SMILES string of the molecule is COc1ccc(CC[N+](C)(C)CCCC(C#N)(c2ccc(OC)c(OC)c2)C(C)C)cc1OC.[Cl-]. The van der Waals surface area contributed by atoms with Gasteiger partial charge in [0.1, 0.15) is 0 Å². The number of likely N-dealkylation sites (N-methyl/N-ethyl adjacent to an activating group) is 1. The van der Waals surface area contributed by atoms with E-state index < -0.39 is 5.41 Å². The van der Waals surface area contributed by atoms with Gasteiger partial charge in [-0.05, 0) is 54.2 Å². The molecule has 7 heteroatoms. The van der Waals surface area contributed by atoms with Crippen molar-refractivity contribution in [1.82, 2.24) is 0 Å². The van der Waals surface area contributed by atoms with Crippen LogP contribution in [0.5, 0.6) is 23.0 Å². The van der Waals surface area contributed by atoms with Crippen LogP contribution in [0.1, 0.15) is 37.8 Å². The Hall–Kier alpha value is -2.62. The van der Waals surface area contributed by atoms with Crippen molar-refractivity contribution >= 4 is 0 Å². The Balaban J connectivity index is 0.00000612. The van der Waals surface area contributed by atoms with Gasteiger partial charge in [0.05, 0.1) is 67.1 Å². The molecular weight excluding hydrogens is 464 g/mol. The third-order valence-electron chi connectivity index (χ3n) is 6.87. The van der Waals surface area contributed by atoms with E-state index >= 15 is 0 Å². The van der Waals surface area contributed by atoms with Crippen molar-refractivity contribution in [3.05, 3.63) is 47.5 Å². The summed E-state index contributed by atoms with van der Waals surface area (Å²) in [5, 5.41) is 10.3. The Morgan fingerprint density at radius 3 is 1.89 bits per heavy atom. The number of methoxy groups -OCH3 is 4. The normalized spacial score (nSPS) is 12.8. The summed E-state index contributed by atoms with van der Waals surface area (Å²) in [7, 11) is 11.1. The lowest BCUT2D eigenvalue weighted by Crippen LogP contribution is -3.00. The number of benzene rings is 2. The number of nitrogens with zero attached hydrogens (tertiary/aromatic N) is 2. The minimum Gasteiger partial charge on any atom is -1.00 e. The van der Waals surface area contributed by atoms with Crippen LogP contribution < -0.4 is 31.4 Å². The van der Waals surface area contributed by atoms with Crippen LogP contribution in [0.4, 0.5) is 0 Å². The molecule has 0 fully saturated rings. The quantitative estimate of drug-likeness (QED) is 0.391. The highest BCUT2D eigenvalue weighted by atomic mass is 35.5. The zero-order chi connectivity index (χ0) is 25.4. The van der Waals surface area contributed by atoms with Crippen molar-refractivity contribution in [2.45, 2.75) is 38.5 Å². The van der Waals surface area contributed by atoms with Crippen LogP contribution in [-0.4, -0.2) is 60.1 Å². The largest absolute Gasteiger partial charge is 1.00 e. The van der Waals surface area contributed by atoms with Gasteiger partial charge in [-0.1, -0.05) is 26.0 Å². The van der Waals surface area contributed by atoms with E-state index in [4.69, 9.17) is 18.9 Å². The number of quaternary nitrogens is 1. The molecule has 0 heterocycles. The number of halogens is 1. The molecule has 35 heavy (non-hydrogen) atoms. The van der Waals surface area contributed by atoms with Crippen LogP contribution in [0.2, 0.25) is 0 Å². The standard InChI is InChI=1S/C28H41N2O4.ClH/c1-21(2)28(20-29,23-11-13-25(32-6)27(19-23)34-8)15-9-16-30(3,4)17-14-22-10-12-24(31-5)26(18-22)33-7;/h10-13,18-19,21H,9,14-17H2,1-8H3;1H/q+1;/p-1. The molecule has 0 radical (unpaired) electrons. The van der Waals surface area contributed by atoms with Crippen molar-refractivity contribution in [3.63, 3.8) is 0 Å². The highest BCUT2D eigenvalue weighted by Gasteiger charge is 2.37. The molecule has 1 unspecified atom stereocenters. The number of hydrogen-bond donors (Lipinski definition) is 0. The first-order chi connectivity index (χ1) is 16.2. The molecular formula is C28H41ClN2O4. The van der Waals surface area contributed by atoms with E-state index in [1.165, 1.54) is 5.56 Å². The van der Waals surface area contributed by atoms with Crippen LogP contribution in [0.15, 0.2) is 36.4 Å². The molecule has 194 valence electrons. The first-order valence-electron chi connectivity index (χ1n) is 11.8. The monoisotopic (exact) mass is 504 g/mol. The zero-order valence-corrected chi connectivity index (χ0v) is 23.2. The molecule has 0 N–H and O–H groups in total. The van der Waals surface area contributed by atoms with E-state index in [0.29, 0.717) is 11.5 Å².